The Labute approximate surface area is 121 Å². The fraction of sp³-hybridized carbons (Fsp3) is 0.417. The van der Waals surface area contributed by atoms with Crippen molar-refractivity contribution in [3.8, 4) is 0 Å². The van der Waals surface area contributed by atoms with E-state index in [1.165, 1.54) is 0 Å². The number of halogens is 2. The van der Waals surface area contributed by atoms with Crippen LogP contribution in [0.4, 0.5) is 4.39 Å². The number of hydrogen-bond donors (Lipinski definition) is 2. The molecule has 2 rings (SSSR count). The predicted octanol–water partition coefficient (Wildman–Crippen LogP) is 1.66. The Morgan fingerprint density at radius 3 is 2.65 bits per heavy atom. The predicted molar refractivity (Wildman–Crippen MR) is 72.5 cm³/mol. The van der Waals surface area contributed by atoms with Gasteiger partial charge in [-0.3, -0.25) is 4.79 Å². The van der Waals surface area contributed by atoms with Crippen molar-refractivity contribution >= 4 is 27.5 Å². The Balaban J connectivity index is 2.21. The van der Waals surface area contributed by atoms with E-state index in [-0.39, 0.29) is 5.02 Å². The van der Waals surface area contributed by atoms with E-state index in [0.29, 0.717) is 12.5 Å². The van der Waals surface area contributed by atoms with Crippen LogP contribution >= 0.6 is 11.6 Å². The molecule has 0 aromatic heterocycles. The van der Waals surface area contributed by atoms with Gasteiger partial charge in [0, 0.05) is 11.6 Å². The van der Waals surface area contributed by atoms with Gasteiger partial charge in [0.25, 0.3) is 5.91 Å². The number of sulfonamides is 1. The summed E-state index contributed by atoms with van der Waals surface area (Å²) < 4.78 is 36.5. The van der Waals surface area contributed by atoms with Gasteiger partial charge in [0.05, 0.1) is 5.56 Å². The van der Waals surface area contributed by atoms with Crippen LogP contribution in [0.5, 0.6) is 0 Å². The zero-order valence-electron chi connectivity index (χ0n) is 10.5. The van der Waals surface area contributed by atoms with Crippen molar-refractivity contribution in [2.75, 3.05) is 6.54 Å². The summed E-state index contributed by atoms with van der Waals surface area (Å²) in [6.45, 7) is 0.417. The van der Waals surface area contributed by atoms with Crippen LogP contribution in [0.3, 0.4) is 0 Å². The Hall–Kier alpha value is -1.18. The molecule has 0 heterocycles. The highest BCUT2D eigenvalue weighted by Gasteiger charge is 2.24. The lowest BCUT2D eigenvalue weighted by atomic mass is 10.2. The van der Waals surface area contributed by atoms with Crippen LogP contribution in [0, 0.1) is 11.7 Å². The van der Waals surface area contributed by atoms with E-state index in [1.54, 1.807) is 0 Å². The first-order valence-electron chi connectivity index (χ1n) is 6.09. The number of rotatable bonds is 5. The fourth-order valence-corrected chi connectivity index (χ4v) is 2.76. The minimum Gasteiger partial charge on any atom is -0.352 e. The third kappa shape index (κ3) is 3.68. The monoisotopic (exact) mass is 320 g/mol. The smallest absolute Gasteiger partial charge is 0.254 e. The Bertz CT molecular complexity index is 644. The summed E-state index contributed by atoms with van der Waals surface area (Å²) in [6.07, 6.45) is 3.13. The molecular weight excluding hydrogens is 307 g/mol. The molecule has 1 aliphatic rings. The van der Waals surface area contributed by atoms with Gasteiger partial charge in [-0.2, -0.15) is 0 Å². The second-order valence-electron chi connectivity index (χ2n) is 4.80. The molecule has 1 aliphatic carbocycles. The largest absolute Gasteiger partial charge is 0.352 e. The normalized spacial score (nSPS) is 15.2. The van der Waals surface area contributed by atoms with Crippen molar-refractivity contribution in [2.45, 2.75) is 24.2 Å². The second-order valence-corrected chi connectivity index (χ2v) is 6.76. The van der Waals surface area contributed by atoms with Crippen molar-refractivity contribution < 1.29 is 17.6 Å². The van der Waals surface area contributed by atoms with E-state index in [1.807, 2.05) is 0 Å². The maximum atomic E-state index is 14.0. The highest BCUT2D eigenvalue weighted by atomic mass is 35.5. The first-order valence-corrected chi connectivity index (χ1v) is 8.01. The number of amides is 1. The highest BCUT2D eigenvalue weighted by Crippen LogP contribution is 2.31. The van der Waals surface area contributed by atoms with Gasteiger partial charge < -0.3 is 5.32 Å². The number of hydrogen-bond acceptors (Lipinski definition) is 3. The van der Waals surface area contributed by atoms with Gasteiger partial charge in [-0.15, -0.1) is 0 Å². The minimum atomic E-state index is -4.28. The molecule has 1 saturated carbocycles. The number of benzene rings is 1. The molecule has 8 heteroatoms. The van der Waals surface area contributed by atoms with Gasteiger partial charge >= 0.3 is 0 Å². The molecule has 0 atom stereocenters. The number of carbonyl (C=O) groups excluding carboxylic acids is 1. The lowest BCUT2D eigenvalue weighted by molar-refractivity contribution is 0.0948. The Morgan fingerprint density at radius 2 is 2.10 bits per heavy atom. The maximum absolute atomic E-state index is 14.0. The zero-order valence-corrected chi connectivity index (χ0v) is 12.1. The third-order valence-electron chi connectivity index (χ3n) is 3.09. The van der Waals surface area contributed by atoms with Gasteiger partial charge in [0.15, 0.2) is 5.82 Å². The van der Waals surface area contributed by atoms with Gasteiger partial charge in [0.2, 0.25) is 10.0 Å². The molecule has 1 amide bonds. The topological polar surface area (TPSA) is 89.3 Å². The number of nitrogens with two attached hydrogens (primary N) is 1. The van der Waals surface area contributed by atoms with Crippen molar-refractivity contribution in [1.29, 1.82) is 0 Å². The van der Waals surface area contributed by atoms with E-state index in [4.69, 9.17) is 16.7 Å². The first-order chi connectivity index (χ1) is 9.29. The molecule has 0 unspecified atom stereocenters. The minimum absolute atomic E-state index is 0.0669. The van der Waals surface area contributed by atoms with E-state index >= 15 is 0 Å². The molecule has 110 valence electrons. The van der Waals surface area contributed by atoms with Crippen LogP contribution in [0.15, 0.2) is 17.0 Å². The second kappa shape index (κ2) is 5.67. The molecular formula is C12H14ClFN2O3S. The molecule has 1 aromatic rings. The summed E-state index contributed by atoms with van der Waals surface area (Å²) in [5, 5.41) is 7.36. The number of nitrogens with one attached hydrogen (secondary N) is 1. The summed E-state index contributed by atoms with van der Waals surface area (Å²) in [4.78, 5) is 11.1. The SMILES string of the molecule is NS(=O)(=O)c1cc(Cl)cc(C(=O)NCCC2CC2)c1F. The van der Waals surface area contributed by atoms with Gasteiger partial charge in [0.1, 0.15) is 4.90 Å². The molecule has 5 nitrogen and oxygen atoms in total. The first kappa shape index (κ1) is 15.2. The average Bonchev–Trinajstić information content (AvgIpc) is 3.14. The maximum Gasteiger partial charge on any atom is 0.254 e. The lowest BCUT2D eigenvalue weighted by Gasteiger charge is -2.09. The molecule has 0 aliphatic heterocycles. The van der Waals surface area contributed by atoms with E-state index in [2.05, 4.69) is 5.32 Å². The van der Waals surface area contributed by atoms with Crippen LogP contribution in [0.2, 0.25) is 5.02 Å². The van der Waals surface area contributed by atoms with Crippen LogP contribution in [0.1, 0.15) is 29.6 Å². The van der Waals surface area contributed by atoms with Crippen molar-refractivity contribution in [2.24, 2.45) is 11.1 Å². The third-order valence-corrected chi connectivity index (χ3v) is 4.22. The molecule has 20 heavy (non-hydrogen) atoms. The summed E-state index contributed by atoms with van der Waals surface area (Å²) >= 11 is 5.70. The fourth-order valence-electron chi connectivity index (χ4n) is 1.83. The summed E-state index contributed by atoms with van der Waals surface area (Å²) in [6, 6.07) is 1.96. The van der Waals surface area contributed by atoms with Crippen LogP contribution in [-0.2, 0) is 10.0 Å². The Morgan fingerprint density at radius 1 is 1.45 bits per heavy atom. The van der Waals surface area contributed by atoms with Gasteiger partial charge in [-0.1, -0.05) is 24.4 Å². The average molecular weight is 321 g/mol. The van der Waals surface area contributed by atoms with Gasteiger partial charge in [-0.25, -0.2) is 17.9 Å². The number of primary sulfonamides is 1. The standard InChI is InChI=1S/C12H14ClFN2O3S/c13-8-5-9(11(14)10(6-8)20(15,18)19)12(17)16-4-3-7-1-2-7/h5-7H,1-4H2,(H,16,17)(H2,15,18,19). The molecule has 0 spiro atoms. The zero-order chi connectivity index (χ0) is 14.9. The molecule has 1 fully saturated rings. The number of carbonyl (C=O) groups is 1. The van der Waals surface area contributed by atoms with Crippen LogP contribution < -0.4 is 10.5 Å². The van der Waals surface area contributed by atoms with Crippen molar-refractivity contribution in [1.82, 2.24) is 5.32 Å². The molecule has 0 saturated heterocycles. The van der Waals surface area contributed by atoms with E-state index in [9.17, 15) is 17.6 Å². The molecule has 3 N–H and O–H groups in total. The van der Waals surface area contributed by atoms with Crippen LogP contribution in [0.25, 0.3) is 0 Å². The molecule has 1 aromatic carbocycles. The molecule has 0 radical (unpaired) electrons. The Kier molecular flexibility index (Phi) is 4.31. The van der Waals surface area contributed by atoms with Crippen LogP contribution in [-0.4, -0.2) is 20.9 Å². The van der Waals surface area contributed by atoms with Gasteiger partial charge in [-0.05, 0) is 24.5 Å². The quantitative estimate of drug-likeness (QED) is 0.864. The van der Waals surface area contributed by atoms with E-state index < -0.39 is 32.2 Å². The van der Waals surface area contributed by atoms with E-state index in [0.717, 1.165) is 31.4 Å². The summed E-state index contributed by atoms with van der Waals surface area (Å²) in [5.74, 6) is -1.25. The van der Waals surface area contributed by atoms with Crippen molar-refractivity contribution in [3.05, 3.63) is 28.5 Å². The summed E-state index contributed by atoms with van der Waals surface area (Å²) in [7, 11) is -4.28. The summed E-state index contributed by atoms with van der Waals surface area (Å²) in [5.41, 5.74) is -0.419. The van der Waals surface area contributed by atoms with Crippen molar-refractivity contribution in [3.63, 3.8) is 0 Å². The molecule has 0 bridgehead atoms. The highest BCUT2D eigenvalue weighted by molar-refractivity contribution is 7.89. The lowest BCUT2D eigenvalue weighted by Crippen LogP contribution is -2.27.